The fourth-order valence-electron chi connectivity index (χ4n) is 3.23. The van der Waals surface area contributed by atoms with Crippen LogP contribution < -0.4 is 10.2 Å². The number of nitrogens with zero attached hydrogens (tertiary/aromatic N) is 2. The summed E-state index contributed by atoms with van der Waals surface area (Å²) < 4.78 is 0. The van der Waals surface area contributed by atoms with Gasteiger partial charge in [-0.1, -0.05) is 27.7 Å². The molecule has 0 radical (unpaired) electrons. The average Bonchev–Trinajstić information content (AvgIpc) is 2.71. The molecule has 0 bridgehead atoms. The Labute approximate surface area is 130 Å². The van der Waals surface area contributed by atoms with Gasteiger partial charge >= 0.3 is 0 Å². The topological polar surface area (TPSA) is 28.2 Å². The summed E-state index contributed by atoms with van der Waals surface area (Å²) in [4.78, 5) is 7.00. The largest absolute Gasteiger partial charge is 0.371 e. The number of rotatable bonds is 4. The minimum atomic E-state index is 0.435. The SMILES string of the molecule is CCNCc1cc(N2CCCC(C(C)(C)C)CC2)ccn1. The van der Waals surface area contributed by atoms with Gasteiger partial charge in [-0.25, -0.2) is 0 Å². The molecule has 118 valence electrons. The van der Waals surface area contributed by atoms with E-state index >= 15 is 0 Å². The highest BCUT2D eigenvalue weighted by Crippen LogP contribution is 2.35. The number of nitrogens with one attached hydrogen (secondary N) is 1. The number of hydrogen-bond donors (Lipinski definition) is 1. The van der Waals surface area contributed by atoms with Crippen LogP contribution in [0, 0.1) is 11.3 Å². The maximum absolute atomic E-state index is 4.46. The zero-order chi connectivity index (χ0) is 15.3. The predicted octanol–water partition coefficient (Wildman–Crippen LogP) is 3.84. The zero-order valence-corrected chi connectivity index (χ0v) is 14.2. The van der Waals surface area contributed by atoms with Crippen molar-refractivity contribution < 1.29 is 0 Å². The summed E-state index contributed by atoms with van der Waals surface area (Å²) in [5.74, 6) is 0.838. The molecule has 1 N–H and O–H groups in total. The van der Waals surface area contributed by atoms with Crippen molar-refractivity contribution in [1.82, 2.24) is 10.3 Å². The Morgan fingerprint density at radius 3 is 2.81 bits per heavy atom. The smallest absolute Gasteiger partial charge is 0.0562 e. The van der Waals surface area contributed by atoms with Crippen molar-refractivity contribution >= 4 is 5.69 Å². The summed E-state index contributed by atoms with van der Waals surface area (Å²) >= 11 is 0. The van der Waals surface area contributed by atoms with Crippen molar-refractivity contribution in [3.63, 3.8) is 0 Å². The highest BCUT2D eigenvalue weighted by atomic mass is 15.1. The van der Waals surface area contributed by atoms with E-state index < -0.39 is 0 Å². The van der Waals surface area contributed by atoms with E-state index in [2.05, 4.69) is 55.0 Å². The molecule has 1 aromatic heterocycles. The van der Waals surface area contributed by atoms with Crippen LogP contribution in [0.3, 0.4) is 0 Å². The van der Waals surface area contributed by atoms with E-state index in [4.69, 9.17) is 0 Å². The normalized spacial score (nSPS) is 20.4. The molecule has 1 aliphatic rings. The van der Waals surface area contributed by atoms with Crippen LogP contribution in [0.4, 0.5) is 5.69 Å². The first-order valence-corrected chi connectivity index (χ1v) is 8.41. The maximum Gasteiger partial charge on any atom is 0.0562 e. The fraction of sp³-hybridized carbons (Fsp3) is 0.722. The van der Waals surface area contributed by atoms with Gasteiger partial charge in [0, 0.05) is 31.5 Å². The number of hydrogen-bond acceptors (Lipinski definition) is 3. The van der Waals surface area contributed by atoms with Crippen LogP contribution in [0.1, 0.15) is 52.7 Å². The van der Waals surface area contributed by atoms with Crippen molar-refractivity contribution in [1.29, 1.82) is 0 Å². The molecule has 2 heterocycles. The molecular formula is C18H31N3. The summed E-state index contributed by atoms with van der Waals surface area (Å²) in [6, 6.07) is 4.41. The summed E-state index contributed by atoms with van der Waals surface area (Å²) in [7, 11) is 0. The minimum Gasteiger partial charge on any atom is -0.371 e. The van der Waals surface area contributed by atoms with E-state index in [1.807, 2.05) is 6.20 Å². The molecule has 1 aromatic rings. The van der Waals surface area contributed by atoms with Gasteiger partial charge < -0.3 is 10.2 Å². The lowest BCUT2D eigenvalue weighted by Gasteiger charge is -2.30. The number of anilines is 1. The molecule has 0 aliphatic carbocycles. The second-order valence-electron chi connectivity index (χ2n) is 7.27. The first kappa shape index (κ1) is 16.3. The Bertz CT molecular complexity index is 436. The Morgan fingerprint density at radius 2 is 2.10 bits per heavy atom. The molecule has 0 saturated carbocycles. The lowest BCUT2D eigenvalue weighted by Crippen LogP contribution is -2.26. The van der Waals surface area contributed by atoms with Gasteiger partial charge in [-0.15, -0.1) is 0 Å². The van der Waals surface area contributed by atoms with E-state index in [1.165, 1.54) is 38.0 Å². The summed E-state index contributed by atoms with van der Waals surface area (Å²) in [6.07, 6.45) is 5.91. The molecule has 3 heteroatoms. The van der Waals surface area contributed by atoms with Gasteiger partial charge in [0.05, 0.1) is 5.69 Å². The van der Waals surface area contributed by atoms with E-state index in [0.717, 1.165) is 24.7 Å². The lowest BCUT2D eigenvalue weighted by atomic mass is 9.77. The Morgan fingerprint density at radius 1 is 1.29 bits per heavy atom. The molecular weight excluding hydrogens is 258 g/mol. The quantitative estimate of drug-likeness (QED) is 0.912. The number of pyridine rings is 1. The van der Waals surface area contributed by atoms with Crippen molar-refractivity contribution in [2.75, 3.05) is 24.5 Å². The van der Waals surface area contributed by atoms with Crippen molar-refractivity contribution in [3.05, 3.63) is 24.0 Å². The van der Waals surface area contributed by atoms with Crippen LogP contribution in [0.5, 0.6) is 0 Å². The van der Waals surface area contributed by atoms with E-state index in [0.29, 0.717) is 5.41 Å². The standard InChI is InChI=1S/C18H31N3/c1-5-19-14-16-13-17(8-10-20-16)21-11-6-7-15(9-12-21)18(2,3)4/h8,10,13,15,19H,5-7,9,11-12,14H2,1-4H3. The summed E-state index contributed by atoms with van der Waals surface area (Å²) in [6.45, 7) is 13.5. The van der Waals surface area contributed by atoms with Gasteiger partial charge in [0.2, 0.25) is 0 Å². The Kier molecular flexibility index (Phi) is 5.63. The second kappa shape index (κ2) is 7.26. The maximum atomic E-state index is 4.46. The van der Waals surface area contributed by atoms with Gasteiger partial charge in [0.1, 0.15) is 0 Å². The van der Waals surface area contributed by atoms with Crippen molar-refractivity contribution in [3.8, 4) is 0 Å². The third kappa shape index (κ3) is 4.70. The highest BCUT2D eigenvalue weighted by molar-refractivity contribution is 5.46. The third-order valence-electron chi connectivity index (χ3n) is 4.67. The van der Waals surface area contributed by atoms with Crippen LogP contribution in [0.2, 0.25) is 0 Å². The molecule has 3 nitrogen and oxygen atoms in total. The van der Waals surface area contributed by atoms with Crippen molar-refractivity contribution in [2.45, 2.75) is 53.5 Å². The molecule has 1 fully saturated rings. The minimum absolute atomic E-state index is 0.435. The van der Waals surface area contributed by atoms with Crippen LogP contribution in [0.15, 0.2) is 18.3 Å². The molecule has 1 aliphatic heterocycles. The van der Waals surface area contributed by atoms with Crippen molar-refractivity contribution in [2.24, 2.45) is 11.3 Å². The fourth-order valence-corrected chi connectivity index (χ4v) is 3.23. The van der Waals surface area contributed by atoms with Crippen LogP contribution in [0.25, 0.3) is 0 Å². The van der Waals surface area contributed by atoms with Gasteiger partial charge in [0.15, 0.2) is 0 Å². The summed E-state index contributed by atoms with van der Waals surface area (Å²) in [5.41, 5.74) is 2.92. The van der Waals surface area contributed by atoms with Gasteiger partial charge in [-0.05, 0) is 49.3 Å². The zero-order valence-electron chi connectivity index (χ0n) is 14.2. The highest BCUT2D eigenvalue weighted by Gasteiger charge is 2.27. The van der Waals surface area contributed by atoms with E-state index in [-0.39, 0.29) is 0 Å². The first-order chi connectivity index (χ1) is 10.0. The molecule has 21 heavy (non-hydrogen) atoms. The first-order valence-electron chi connectivity index (χ1n) is 8.41. The second-order valence-corrected chi connectivity index (χ2v) is 7.27. The molecule has 0 spiro atoms. The molecule has 1 unspecified atom stereocenters. The van der Waals surface area contributed by atoms with Gasteiger partial charge in [-0.3, -0.25) is 4.98 Å². The third-order valence-corrected chi connectivity index (χ3v) is 4.67. The molecule has 0 aromatic carbocycles. The monoisotopic (exact) mass is 289 g/mol. The van der Waals surface area contributed by atoms with Crippen LogP contribution in [-0.4, -0.2) is 24.6 Å². The van der Waals surface area contributed by atoms with Gasteiger partial charge in [-0.2, -0.15) is 0 Å². The number of aromatic nitrogens is 1. The Hall–Kier alpha value is -1.09. The molecule has 1 saturated heterocycles. The molecule has 2 rings (SSSR count). The lowest BCUT2D eigenvalue weighted by molar-refractivity contribution is 0.220. The average molecular weight is 289 g/mol. The Balaban J connectivity index is 2.02. The molecule has 0 amide bonds. The van der Waals surface area contributed by atoms with E-state index in [1.54, 1.807) is 0 Å². The predicted molar refractivity (Wildman–Crippen MR) is 90.6 cm³/mol. The van der Waals surface area contributed by atoms with Crippen LogP contribution in [-0.2, 0) is 6.54 Å². The van der Waals surface area contributed by atoms with Gasteiger partial charge in [0.25, 0.3) is 0 Å². The van der Waals surface area contributed by atoms with E-state index in [9.17, 15) is 0 Å². The van der Waals surface area contributed by atoms with Crippen LogP contribution >= 0.6 is 0 Å². The molecule has 1 atom stereocenters. The summed E-state index contributed by atoms with van der Waals surface area (Å²) in [5, 5.41) is 3.35.